The molecule has 6 aromatic rings. The van der Waals surface area contributed by atoms with E-state index >= 15 is 0 Å². The summed E-state index contributed by atoms with van der Waals surface area (Å²) < 4.78 is 25.2. The Bertz CT molecular complexity index is 2410. The van der Waals surface area contributed by atoms with E-state index in [1.807, 2.05) is 30.3 Å². The number of aliphatic hydroxyl groups excluding tert-OH is 1. The predicted molar refractivity (Wildman–Crippen MR) is 227 cm³/mol. The van der Waals surface area contributed by atoms with Crippen LogP contribution in [-0.4, -0.2) is 26.4 Å². The highest BCUT2D eigenvalue weighted by Gasteiger charge is 2.48. The van der Waals surface area contributed by atoms with E-state index in [2.05, 4.69) is 91.9 Å². The topological polar surface area (TPSA) is 57.2 Å². The zero-order valence-corrected chi connectivity index (χ0v) is 33.4. The fourth-order valence-corrected chi connectivity index (χ4v) is 10.7. The second kappa shape index (κ2) is 14.7. The largest absolute Gasteiger partial charge is 0.497 e. The van der Waals surface area contributed by atoms with Gasteiger partial charge >= 0.3 is 0 Å². The lowest BCUT2D eigenvalue weighted by Crippen LogP contribution is -2.35. The molecule has 9 rings (SSSR count). The third kappa shape index (κ3) is 5.88. The van der Waals surface area contributed by atoms with Crippen LogP contribution in [0.2, 0.25) is 0 Å². The molecule has 1 heterocycles. The fourth-order valence-electron chi connectivity index (χ4n) is 9.64. The number of hydrogen-bond acceptors (Lipinski definition) is 6. The predicted octanol–water partition coefficient (Wildman–Crippen LogP) is 12.2. The van der Waals surface area contributed by atoms with Crippen molar-refractivity contribution in [2.45, 2.75) is 79.3 Å². The summed E-state index contributed by atoms with van der Waals surface area (Å²) in [5, 5.41) is 12.0. The normalized spacial score (nSPS) is 16.3. The smallest absolute Gasteiger partial charge is 0.178 e. The van der Waals surface area contributed by atoms with Crippen molar-refractivity contribution >= 4 is 28.6 Å². The molecular weight excluding hydrogens is 713 g/mol. The van der Waals surface area contributed by atoms with Gasteiger partial charge in [-0.05, 0) is 107 Å². The van der Waals surface area contributed by atoms with Crippen molar-refractivity contribution in [3.8, 4) is 34.1 Å². The lowest BCUT2D eigenvalue weighted by molar-refractivity contribution is 0.163. The molecular formula is C50H48O5S. The Morgan fingerprint density at radius 2 is 1.36 bits per heavy atom. The van der Waals surface area contributed by atoms with Crippen molar-refractivity contribution in [3.63, 3.8) is 0 Å². The molecule has 56 heavy (non-hydrogen) atoms. The van der Waals surface area contributed by atoms with Crippen LogP contribution in [0, 0.1) is 6.92 Å². The van der Waals surface area contributed by atoms with Crippen molar-refractivity contribution in [1.29, 1.82) is 0 Å². The second-order valence-electron chi connectivity index (χ2n) is 15.4. The monoisotopic (exact) mass is 760 g/mol. The standard InChI is InChI=1S/C50H48O5S/c1-32-28-33(31-51)14-23-44(32)56-45-30-40-41(29-43(45)54-4)48-39(47-46(40)38-12-8-9-13-42(38)49(47)25-10-6-5-7-11-26-49)24-27-50(55-48,34-15-19-36(52-2)20-16-34)35-17-21-37(53-3)22-18-35/h8-9,12-24,27-30,51H,5-7,10-11,25-26,31H2,1-4H3. The quantitative estimate of drug-likeness (QED) is 0.167. The molecule has 1 fully saturated rings. The number of aryl methyl sites for hydroxylation is 1. The summed E-state index contributed by atoms with van der Waals surface area (Å²) in [4.78, 5) is 2.17. The highest BCUT2D eigenvalue weighted by molar-refractivity contribution is 7.99. The van der Waals surface area contributed by atoms with Crippen LogP contribution in [0.4, 0.5) is 0 Å². The summed E-state index contributed by atoms with van der Waals surface area (Å²) in [5.74, 6) is 3.25. The average Bonchev–Trinajstić information content (AvgIpc) is 3.53. The van der Waals surface area contributed by atoms with E-state index in [1.165, 1.54) is 65.3 Å². The van der Waals surface area contributed by atoms with Gasteiger partial charge in [0.15, 0.2) is 5.60 Å². The molecule has 0 aromatic heterocycles. The summed E-state index contributed by atoms with van der Waals surface area (Å²) in [6.07, 6.45) is 13.0. The number of methoxy groups -OCH3 is 3. The van der Waals surface area contributed by atoms with E-state index in [9.17, 15) is 5.11 Å². The van der Waals surface area contributed by atoms with Gasteiger partial charge in [0.05, 0.1) is 32.8 Å². The first kappa shape index (κ1) is 36.5. The molecule has 0 bridgehead atoms. The Hall–Kier alpha value is -5.17. The molecule has 5 nitrogen and oxygen atoms in total. The lowest BCUT2D eigenvalue weighted by atomic mass is 9.67. The van der Waals surface area contributed by atoms with Crippen molar-refractivity contribution < 1.29 is 24.1 Å². The van der Waals surface area contributed by atoms with Gasteiger partial charge in [-0.3, -0.25) is 0 Å². The summed E-state index contributed by atoms with van der Waals surface area (Å²) in [7, 11) is 5.15. The van der Waals surface area contributed by atoms with E-state index in [4.69, 9.17) is 18.9 Å². The SMILES string of the molecule is COc1ccc(C2(c3ccc(OC)cc3)C=Cc3c4c(c5cc(Sc6ccc(CO)cc6C)c(OC)cc5c3O2)-c2ccccc2C42CCCCCCC2)cc1. The van der Waals surface area contributed by atoms with Crippen molar-refractivity contribution in [2.75, 3.05) is 21.3 Å². The van der Waals surface area contributed by atoms with E-state index in [0.29, 0.717) is 0 Å². The summed E-state index contributed by atoms with van der Waals surface area (Å²) >= 11 is 1.71. The first-order valence-corrected chi connectivity index (χ1v) is 20.6. The minimum Gasteiger partial charge on any atom is -0.497 e. The van der Waals surface area contributed by atoms with Crippen LogP contribution >= 0.6 is 11.8 Å². The molecule has 0 amide bonds. The second-order valence-corrected chi connectivity index (χ2v) is 16.5. The van der Waals surface area contributed by atoms with Crippen molar-refractivity contribution in [1.82, 2.24) is 0 Å². The number of aliphatic hydroxyl groups is 1. The van der Waals surface area contributed by atoms with Gasteiger partial charge in [-0.15, -0.1) is 0 Å². The maximum atomic E-state index is 9.82. The zero-order chi connectivity index (χ0) is 38.4. The van der Waals surface area contributed by atoms with Gasteiger partial charge in [-0.1, -0.05) is 111 Å². The highest BCUT2D eigenvalue weighted by Crippen LogP contribution is 2.62. The maximum absolute atomic E-state index is 9.82. The van der Waals surface area contributed by atoms with E-state index in [1.54, 1.807) is 33.1 Å². The Balaban J connectivity index is 1.35. The molecule has 1 N–H and O–H groups in total. The minimum atomic E-state index is -0.932. The molecule has 0 saturated heterocycles. The first-order chi connectivity index (χ1) is 27.4. The Morgan fingerprint density at radius 1 is 0.696 bits per heavy atom. The molecule has 6 heteroatoms. The summed E-state index contributed by atoms with van der Waals surface area (Å²) in [5.41, 5.74) is 9.65. The van der Waals surface area contributed by atoms with Crippen LogP contribution in [0.15, 0.2) is 119 Å². The summed E-state index contributed by atoms with van der Waals surface area (Å²) in [6.45, 7) is 2.13. The van der Waals surface area contributed by atoms with Gasteiger partial charge in [0.1, 0.15) is 23.0 Å². The van der Waals surface area contributed by atoms with Crippen LogP contribution in [0.3, 0.4) is 0 Å². The minimum absolute atomic E-state index is 0.0203. The number of fused-ring (bicyclic) bond motifs is 10. The molecule has 6 aromatic carbocycles. The highest BCUT2D eigenvalue weighted by atomic mass is 32.2. The van der Waals surface area contributed by atoms with Crippen LogP contribution in [0.1, 0.15) is 83.9 Å². The number of ether oxygens (including phenoxy) is 4. The van der Waals surface area contributed by atoms with Crippen LogP contribution < -0.4 is 18.9 Å². The third-order valence-corrected chi connectivity index (χ3v) is 13.6. The Labute approximate surface area is 334 Å². The molecule has 0 radical (unpaired) electrons. The maximum Gasteiger partial charge on any atom is 0.178 e. The fraction of sp³-hybridized carbons (Fsp3) is 0.280. The molecule has 2 aliphatic carbocycles. The first-order valence-electron chi connectivity index (χ1n) is 19.8. The van der Waals surface area contributed by atoms with Crippen molar-refractivity contribution in [3.05, 3.63) is 148 Å². The Kier molecular flexibility index (Phi) is 9.59. The number of hydrogen-bond donors (Lipinski definition) is 1. The van der Waals surface area contributed by atoms with Gasteiger partial charge < -0.3 is 24.1 Å². The molecule has 1 saturated carbocycles. The average molecular weight is 761 g/mol. The van der Waals surface area contributed by atoms with Crippen LogP contribution in [0.25, 0.3) is 28.0 Å². The molecule has 1 aliphatic heterocycles. The number of rotatable bonds is 8. The Morgan fingerprint density at radius 3 is 1.98 bits per heavy atom. The summed E-state index contributed by atoms with van der Waals surface area (Å²) in [6, 6.07) is 36.4. The molecule has 0 unspecified atom stereocenters. The van der Waals surface area contributed by atoms with Crippen LogP contribution in [0.5, 0.6) is 23.0 Å². The van der Waals surface area contributed by atoms with E-state index in [-0.39, 0.29) is 12.0 Å². The molecule has 3 aliphatic rings. The van der Waals surface area contributed by atoms with Crippen LogP contribution in [-0.2, 0) is 17.6 Å². The van der Waals surface area contributed by atoms with Gasteiger partial charge in [0.2, 0.25) is 0 Å². The molecule has 0 atom stereocenters. The van der Waals surface area contributed by atoms with Crippen molar-refractivity contribution in [2.24, 2.45) is 0 Å². The lowest BCUT2D eigenvalue weighted by Gasteiger charge is -2.40. The third-order valence-electron chi connectivity index (χ3n) is 12.4. The van der Waals surface area contributed by atoms with Gasteiger partial charge in [-0.2, -0.15) is 0 Å². The van der Waals surface area contributed by atoms with E-state index in [0.717, 1.165) is 73.3 Å². The molecule has 284 valence electrons. The zero-order valence-electron chi connectivity index (χ0n) is 32.6. The number of benzene rings is 6. The van der Waals surface area contributed by atoms with Gasteiger partial charge in [-0.25, -0.2) is 0 Å². The van der Waals surface area contributed by atoms with Gasteiger partial charge in [0, 0.05) is 32.4 Å². The van der Waals surface area contributed by atoms with Gasteiger partial charge in [0.25, 0.3) is 0 Å². The molecule has 1 spiro atoms. The van der Waals surface area contributed by atoms with E-state index < -0.39 is 5.60 Å².